The molecule has 2 aromatic rings. The second kappa shape index (κ2) is 7.01. The van der Waals surface area contributed by atoms with Crippen LogP contribution < -0.4 is 19.5 Å². The van der Waals surface area contributed by atoms with Gasteiger partial charge in [-0.05, 0) is 25.3 Å². The van der Waals surface area contributed by atoms with Gasteiger partial charge in [-0.1, -0.05) is 0 Å². The van der Waals surface area contributed by atoms with Crippen molar-refractivity contribution in [1.29, 1.82) is 0 Å². The van der Waals surface area contributed by atoms with Gasteiger partial charge in [0.2, 0.25) is 10.0 Å². The molecule has 0 unspecified atom stereocenters. The van der Waals surface area contributed by atoms with Gasteiger partial charge in [0.05, 0.1) is 25.0 Å². The van der Waals surface area contributed by atoms with E-state index in [0.29, 0.717) is 37.4 Å². The molecule has 0 amide bonds. The molecule has 0 radical (unpaired) electrons. The molecule has 0 bridgehead atoms. The number of anilines is 1. The maximum Gasteiger partial charge on any atom is 0.212 e. The minimum absolute atomic E-state index is 0.484. The average molecular weight is 366 g/mol. The fourth-order valence-electron chi connectivity index (χ4n) is 3.23. The van der Waals surface area contributed by atoms with E-state index in [1.807, 2.05) is 12.1 Å². The molecule has 136 valence electrons. The fourth-order valence-corrected chi connectivity index (χ4v) is 4.16. The molecule has 1 saturated heterocycles. The van der Waals surface area contributed by atoms with E-state index in [-0.39, 0.29) is 0 Å². The summed E-state index contributed by atoms with van der Waals surface area (Å²) in [4.78, 5) is 10.8. The molecule has 1 atom stereocenters. The van der Waals surface area contributed by atoms with Crippen molar-refractivity contribution >= 4 is 26.7 Å². The average Bonchev–Trinajstić information content (AvgIpc) is 2.85. The quantitative estimate of drug-likeness (QED) is 0.869. The summed E-state index contributed by atoms with van der Waals surface area (Å²) >= 11 is 0. The number of hydrogen-bond donors (Lipinski definition) is 1. The summed E-state index contributed by atoms with van der Waals surface area (Å²) in [6.07, 6.45) is 3.29. The highest BCUT2D eigenvalue weighted by Gasteiger charge is 2.26. The largest absolute Gasteiger partial charge is 0.493 e. The highest BCUT2D eigenvalue weighted by atomic mass is 32.2. The lowest BCUT2D eigenvalue weighted by Gasteiger charge is -2.23. The minimum Gasteiger partial charge on any atom is -0.493 e. The molecular formula is C16H22N4O4S. The highest BCUT2D eigenvalue weighted by Crippen LogP contribution is 2.35. The molecule has 2 heterocycles. The standard InChI is InChI=1S/C16H22N4O4S/c1-23-14-8-12-13(9-15(14)24-2)18-10-19-16(12)20-6-3-4-11(5-7-20)25(17,21)22/h8-11H,3-7H2,1-2H3,(H2,17,21,22)/t11-/m0/s1. The zero-order valence-electron chi connectivity index (χ0n) is 14.3. The third-order valence-electron chi connectivity index (χ3n) is 4.56. The van der Waals surface area contributed by atoms with Crippen LogP contribution in [0.4, 0.5) is 5.82 Å². The molecule has 8 nitrogen and oxygen atoms in total. The van der Waals surface area contributed by atoms with Gasteiger partial charge in [-0.2, -0.15) is 0 Å². The van der Waals surface area contributed by atoms with Gasteiger partial charge in [-0.3, -0.25) is 0 Å². The summed E-state index contributed by atoms with van der Waals surface area (Å²) in [6.45, 7) is 1.29. The number of rotatable bonds is 4. The van der Waals surface area contributed by atoms with Gasteiger partial charge in [-0.25, -0.2) is 23.5 Å². The lowest BCUT2D eigenvalue weighted by molar-refractivity contribution is 0.356. The van der Waals surface area contributed by atoms with Gasteiger partial charge >= 0.3 is 0 Å². The van der Waals surface area contributed by atoms with Crippen molar-refractivity contribution in [2.75, 3.05) is 32.2 Å². The first-order valence-corrected chi connectivity index (χ1v) is 9.68. The van der Waals surface area contributed by atoms with Crippen LogP contribution in [0.15, 0.2) is 18.5 Å². The third kappa shape index (κ3) is 3.62. The lowest BCUT2D eigenvalue weighted by atomic mass is 10.2. The number of sulfonamides is 1. The second-order valence-corrected chi connectivity index (χ2v) is 7.90. The molecule has 2 N–H and O–H groups in total. The smallest absolute Gasteiger partial charge is 0.212 e. The van der Waals surface area contributed by atoms with Gasteiger partial charge in [0.25, 0.3) is 0 Å². The minimum atomic E-state index is -3.51. The third-order valence-corrected chi connectivity index (χ3v) is 5.96. The van der Waals surface area contributed by atoms with Crippen LogP contribution in [0.2, 0.25) is 0 Å². The number of aromatic nitrogens is 2. The Balaban J connectivity index is 1.98. The van der Waals surface area contributed by atoms with E-state index < -0.39 is 15.3 Å². The summed E-state index contributed by atoms with van der Waals surface area (Å²) in [7, 11) is -0.356. The predicted octanol–water partition coefficient (Wildman–Crippen LogP) is 1.29. The van der Waals surface area contributed by atoms with Crippen molar-refractivity contribution in [1.82, 2.24) is 9.97 Å². The zero-order chi connectivity index (χ0) is 18.0. The van der Waals surface area contributed by atoms with E-state index in [2.05, 4.69) is 14.9 Å². The van der Waals surface area contributed by atoms with Gasteiger partial charge < -0.3 is 14.4 Å². The number of fused-ring (bicyclic) bond motifs is 1. The molecule has 1 aromatic carbocycles. The van der Waals surface area contributed by atoms with Gasteiger partial charge in [-0.15, -0.1) is 0 Å². The maximum absolute atomic E-state index is 11.7. The van der Waals surface area contributed by atoms with Crippen molar-refractivity contribution in [2.24, 2.45) is 5.14 Å². The molecule has 1 aliphatic heterocycles. The van der Waals surface area contributed by atoms with Crippen LogP contribution in [0, 0.1) is 0 Å². The fraction of sp³-hybridized carbons (Fsp3) is 0.500. The summed E-state index contributed by atoms with van der Waals surface area (Å²) in [5, 5.41) is 5.66. The summed E-state index contributed by atoms with van der Waals surface area (Å²) < 4.78 is 34.0. The first-order chi connectivity index (χ1) is 11.9. The van der Waals surface area contributed by atoms with Crippen molar-refractivity contribution in [3.63, 3.8) is 0 Å². The number of hydrogen-bond acceptors (Lipinski definition) is 7. The number of benzene rings is 1. The molecule has 1 aromatic heterocycles. The van der Waals surface area contributed by atoms with Crippen molar-refractivity contribution < 1.29 is 17.9 Å². The number of nitrogens with two attached hydrogens (primary N) is 1. The SMILES string of the molecule is COc1cc2ncnc(N3CCC[C@H](S(N)(=O)=O)CC3)c2cc1OC. The van der Waals surface area contributed by atoms with Gasteiger partial charge in [0.1, 0.15) is 12.1 Å². The monoisotopic (exact) mass is 366 g/mol. The topological polar surface area (TPSA) is 108 Å². The molecular weight excluding hydrogens is 344 g/mol. The molecule has 0 aliphatic carbocycles. The Morgan fingerprint density at radius 3 is 2.52 bits per heavy atom. The van der Waals surface area contributed by atoms with Crippen LogP contribution in [-0.4, -0.2) is 50.9 Å². The molecule has 0 spiro atoms. The summed E-state index contributed by atoms with van der Waals surface area (Å²) in [5.74, 6) is 1.97. The molecule has 3 rings (SSSR count). The Kier molecular flexibility index (Phi) is 4.96. The Bertz CT molecular complexity index is 872. The van der Waals surface area contributed by atoms with Gasteiger partial charge in [0.15, 0.2) is 11.5 Å². The summed E-state index contributed by atoms with van der Waals surface area (Å²) in [6, 6.07) is 3.66. The Morgan fingerprint density at radius 1 is 1.12 bits per heavy atom. The van der Waals surface area contributed by atoms with Crippen LogP contribution in [0.1, 0.15) is 19.3 Å². The lowest BCUT2D eigenvalue weighted by Crippen LogP contribution is -2.30. The number of nitrogens with zero attached hydrogens (tertiary/aromatic N) is 3. The van der Waals surface area contributed by atoms with E-state index in [4.69, 9.17) is 14.6 Å². The molecule has 0 saturated carbocycles. The van der Waals surface area contributed by atoms with Crippen LogP contribution in [0.25, 0.3) is 10.9 Å². The first kappa shape index (κ1) is 17.7. The van der Waals surface area contributed by atoms with E-state index >= 15 is 0 Å². The Labute approximate surface area is 147 Å². The molecule has 1 fully saturated rings. The van der Waals surface area contributed by atoms with E-state index in [9.17, 15) is 8.42 Å². The first-order valence-electron chi connectivity index (χ1n) is 8.07. The highest BCUT2D eigenvalue weighted by molar-refractivity contribution is 7.89. The Morgan fingerprint density at radius 2 is 1.84 bits per heavy atom. The van der Waals surface area contributed by atoms with Crippen LogP contribution in [0.3, 0.4) is 0 Å². The number of ether oxygens (including phenoxy) is 2. The number of primary sulfonamides is 1. The normalized spacial score (nSPS) is 18.8. The molecule has 1 aliphatic rings. The predicted molar refractivity (Wildman–Crippen MR) is 95.6 cm³/mol. The maximum atomic E-state index is 11.7. The van der Waals surface area contributed by atoms with Crippen molar-refractivity contribution in [3.8, 4) is 11.5 Å². The van der Waals surface area contributed by atoms with E-state index in [1.54, 1.807) is 14.2 Å². The Hall–Kier alpha value is -2.13. The van der Waals surface area contributed by atoms with E-state index in [1.165, 1.54) is 6.33 Å². The van der Waals surface area contributed by atoms with Crippen LogP contribution in [0.5, 0.6) is 11.5 Å². The number of methoxy groups -OCH3 is 2. The van der Waals surface area contributed by atoms with E-state index in [0.717, 1.165) is 23.1 Å². The second-order valence-electron chi connectivity index (χ2n) is 6.05. The van der Waals surface area contributed by atoms with Crippen molar-refractivity contribution in [3.05, 3.63) is 18.5 Å². The molecule has 25 heavy (non-hydrogen) atoms. The van der Waals surface area contributed by atoms with Crippen molar-refractivity contribution in [2.45, 2.75) is 24.5 Å². The van der Waals surface area contributed by atoms with Crippen LogP contribution in [-0.2, 0) is 10.0 Å². The van der Waals surface area contributed by atoms with Crippen LogP contribution >= 0.6 is 0 Å². The molecule has 9 heteroatoms. The summed E-state index contributed by atoms with van der Waals surface area (Å²) in [5.41, 5.74) is 0.745. The zero-order valence-corrected chi connectivity index (χ0v) is 15.1. The van der Waals surface area contributed by atoms with Gasteiger partial charge in [0, 0.05) is 24.5 Å².